The standard InChI is InChI=1S/C10H15N3O/c11-3-1-8-5-12-10(13-6-8)9-2-4-14-7-9/h5-6,9H,1-4,7,11H2. The lowest BCUT2D eigenvalue weighted by atomic mass is 10.1. The third-order valence-electron chi connectivity index (χ3n) is 2.45. The van der Waals surface area contributed by atoms with Crippen molar-refractivity contribution in [1.29, 1.82) is 0 Å². The summed E-state index contributed by atoms with van der Waals surface area (Å²) in [7, 11) is 0. The van der Waals surface area contributed by atoms with Gasteiger partial charge in [0.15, 0.2) is 0 Å². The average molecular weight is 193 g/mol. The monoisotopic (exact) mass is 193 g/mol. The molecule has 0 aliphatic carbocycles. The molecule has 1 aromatic rings. The zero-order chi connectivity index (χ0) is 9.80. The first-order valence-corrected chi connectivity index (χ1v) is 4.99. The normalized spacial score (nSPS) is 21.4. The Labute approximate surface area is 83.5 Å². The van der Waals surface area contributed by atoms with E-state index in [0.29, 0.717) is 12.5 Å². The van der Waals surface area contributed by atoms with Crippen molar-refractivity contribution in [3.63, 3.8) is 0 Å². The molecule has 2 N–H and O–H groups in total. The first kappa shape index (κ1) is 9.55. The summed E-state index contributed by atoms with van der Waals surface area (Å²) in [5.41, 5.74) is 6.55. The van der Waals surface area contributed by atoms with E-state index < -0.39 is 0 Å². The highest BCUT2D eigenvalue weighted by molar-refractivity contribution is 5.08. The Bertz CT molecular complexity index is 280. The fraction of sp³-hybridized carbons (Fsp3) is 0.600. The number of rotatable bonds is 3. The Balaban J connectivity index is 2.05. The Hall–Kier alpha value is -1.00. The SMILES string of the molecule is NCCc1cnc(C2CCOC2)nc1. The molecule has 4 nitrogen and oxygen atoms in total. The summed E-state index contributed by atoms with van der Waals surface area (Å²) >= 11 is 0. The first-order chi connectivity index (χ1) is 6.90. The second-order valence-corrected chi connectivity index (χ2v) is 3.55. The number of aromatic nitrogens is 2. The van der Waals surface area contributed by atoms with E-state index in [2.05, 4.69) is 9.97 Å². The molecule has 76 valence electrons. The largest absolute Gasteiger partial charge is 0.381 e. The van der Waals surface area contributed by atoms with Gasteiger partial charge >= 0.3 is 0 Å². The molecule has 0 saturated carbocycles. The minimum Gasteiger partial charge on any atom is -0.381 e. The van der Waals surface area contributed by atoms with Crippen LogP contribution in [0.3, 0.4) is 0 Å². The molecule has 1 unspecified atom stereocenters. The van der Waals surface area contributed by atoms with Crippen molar-refractivity contribution in [3.05, 3.63) is 23.8 Å². The zero-order valence-corrected chi connectivity index (χ0v) is 8.15. The van der Waals surface area contributed by atoms with Gasteiger partial charge in [0.2, 0.25) is 0 Å². The van der Waals surface area contributed by atoms with Crippen molar-refractivity contribution in [1.82, 2.24) is 9.97 Å². The lowest BCUT2D eigenvalue weighted by Gasteiger charge is -2.05. The predicted octanol–water partition coefficient (Wildman–Crippen LogP) is 0.482. The van der Waals surface area contributed by atoms with E-state index in [4.69, 9.17) is 10.5 Å². The van der Waals surface area contributed by atoms with Crippen molar-refractivity contribution >= 4 is 0 Å². The van der Waals surface area contributed by atoms with Gasteiger partial charge in [0.25, 0.3) is 0 Å². The summed E-state index contributed by atoms with van der Waals surface area (Å²) in [5, 5.41) is 0. The summed E-state index contributed by atoms with van der Waals surface area (Å²) in [5.74, 6) is 1.30. The Morgan fingerprint density at radius 3 is 2.79 bits per heavy atom. The second kappa shape index (κ2) is 4.48. The van der Waals surface area contributed by atoms with E-state index in [0.717, 1.165) is 37.4 Å². The van der Waals surface area contributed by atoms with Crippen LogP contribution in [0.1, 0.15) is 23.7 Å². The van der Waals surface area contributed by atoms with Gasteiger partial charge in [-0.05, 0) is 24.9 Å². The van der Waals surface area contributed by atoms with Gasteiger partial charge in [-0.25, -0.2) is 9.97 Å². The van der Waals surface area contributed by atoms with Gasteiger partial charge < -0.3 is 10.5 Å². The van der Waals surface area contributed by atoms with Crippen LogP contribution in [0, 0.1) is 0 Å². The average Bonchev–Trinajstić information content (AvgIpc) is 2.72. The maximum atomic E-state index is 5.45. The van der Waals surface area contributed by atoms with Crippen molar-refractivity contribution < 1.29 is 4.74 Å². The first-order valence-electron chi connectivity index (χ1n) is 4.99. The molecule has 1 aliphatic heterocycles. The van der Waals surface area contributed by atoms with Crippen LogP contribution in [0.25, 0.3) is 0 Å². The van der Waals surface area contributed by atoms with Crippen LogP contribution < -0.4 is 5.73 Å². The molecule has 0 aromatic carbocycles. The van der Waals surface area contributed by atoms with Crippen molar-refractivity contribution in [2.45, 2.75) is 18.8 Å². The molecule has 0 bridgehead atoms. The van der Waals surface area contributed by atoms with Crippen molar-refractivity contribution in [2.75, 3.05) is 19.8 Å². The van der Waals surface area contributed by atoms with E-state index in [1.807, 2.05) is 12.4 Å². The molecule has 1 saturated heterocycles. The smallest absolute Gasteiger partial charge is 0.133 e. The molecular formula is C10H15N3O. The maximum absolute atomic E-state index is 5.45. The predicted molar refractivity (Wildman–Crippen MR) is 53.0 cm³/mol. The Kier molecular flexibility index (Phi) is 3.06. The Morgan fingerprint density at radius 1 is 1.43 bits per heavy atom. The quantitative estimate of drug-likeness (QED) is 0.758. The molecule has 2 rings (SSSR count). The summed E-state index contributed by atoms with van der Waals surface area (Å²) in [4.78, 5) is 8.67. The molecule has 1 atom stereocenters. The van der Waals surface area contributed by atoms with Crippen LogP contribution >= 0.6 is 0 Å². The van der Waals surface area contributed by atoms with E-state index in [1.165, 1.54) is 0 Å². The number of hydrogen-bond donors (Lipinski definition) is 1. The third kappa shape index (κ3) is 2.08. The lowest BCUT2D eigenvalue weighted by Crippen LogP contribution is -2.07. The van der Waals surface area contributed by atoms with Crippen LogP contribution in [0.2, 0.25) is 0 Å². The summed E-state index contributed by atoms with van der Waals surface area (Å²) in [6.45, 7) is 2.24. The van der Waals surface area contributed by atoms with Gasteiger partial charge in [0.05, 0.1) is 6.61 Å². The summed E-state index contributed by atoms with van der Waals surface area (Å²) < 4.78 is 5.29. The Morgan fingerprint density at radius 2 is 2.21 bits per heavy atom. The van der Waals surface area contributed by atoms with Gasteiger partial charge in [-0.15, -0.1) is 0 Å². The minimum atomic E-state index is 0.391. The van der Waals surface area contributed by atoms with Gasteiger partial charge in [-0.3, -0.25) is 0 Å². The van der Waals surface area contributed by atoms with Crippen LogP contribution in [-0.2, 0) is 11.2 Å². The van der Waals surface area contributed by atoms with Gasteiger partial charge in [-0.2, -0.15) is 0 Å². The van der Waals surface area contributed by atoms with Crippen LogP contribution in [0.5, 0.6) is 0 Å². The summed E-state index contributed by atoms with van der Waals surface area (Å²) in [6.07, 6.45) is 5.62. The van der Waals surface area contributed by atoms with Crippen LogP contribution in [0.15, 0.2) is 12.4 Å². The minimum absolute atomic E-state index is 0.391. The highest BCUT2D eigenvalue weighted by atomic mass is 16.5. The fourth-order valence-corrected chi connectivity index (χ4v) is 1.61. The molecule has 1 fully saturated rings. The topological polar surface area (TPSA) is 61.0 Å². The van der Waals surface area contributed by atoms with Crippen LogP contribution in [0.4, 0.5) is 0 Å². The molecular weight excluding hydrogens is 178 g/mol. The molecule has 4 heteroatoms. The third-order valence-corrected chi connectivity index (χ3v) is 2.45. The lowest BCUT2D eigenvalue weighted by molar-refractivity contribution is 0.193. The van der Waals surface area contributed by atoms with Crippen LogP contribution in [-0.4, -0.2) is 29.7 Å². The van der Waals surface area contributed by atoms with E-state index >= 15 is 0 Å². The number of nitrogens with two attached hydrogens (primary N) is 1. The van der Waals surface area contributed by atoms with E-state index in [9.17, 15) is 0 Å². The highest BCUT2D eigenvalue weighted by Gasteiger charge is 2.19. The molecule has 0 amide bonds. The summed E-state index contributed by atoms with van der Waals surface area (Å²) in [6, 6.07) is 0. The fourth-order valence-electron chi connectivity index (χ4n) is 1.61. The second-order valence-electron chi connectivity index (χ2n) is 3.55. The molecule has 1 aromatic heterocycles. The van der Waals surface area contributed by atoms with E-state index in [1.54, 1.807) is 0 Å². The van der Waals surface area contributed by atoms with Crippen molar-refractivity contribution in [2.24, 2.45) is 5.73 Å². The molecule has 1 aliphatic rings. The number of nitrogens with zero attached hydrogens (tertiary/aromatic N) is 2. The number of ether oxygens (including phenoxy) is 1. The highest BCUT2D eigenvalue weighted by Crippen LogP contribution is 2.21. The molecule has 2 heterocycles. The van der Waals surface area contributed by atoms with Gasteiger partial charge in [-0.1, -0.05) is 0 Å². The maximum Gasteiger partial charge on any atom is 0.133 e. The van der Waals surface area contributed by atoms with Gasteiger partial charge in [0, 0.05) is 24.9 Å². The zero-order valence-electron chi connectivity index (χ0n) is 8.15. The van der Waals surface area contributed by atoms with Gasteiger partial charge in [0.1, 0.15) is 5.82 Å². The molecule has 0 radical (unpaired) electrons. The van der Waals surface area contributed by atoms with Crippen molar-refractivity contribution in [3.8, 4) is 0 Å². The molecule has 14 heavy (non-hydrogen) atoms. The van der Waals surface area contributed by atoms with E-state index in [-0.39, 0.29) is 0 Å². The molecule has 0 spiro atoms. The number of hydrogen-bond acceptors (Lipinski definition) is 4.